The summed E-state index contributed by atoms with van der Waals surface area (Å²) in [7, 11) is 0. The maximum Gasteiger partial charge on any atom is 0.289 e. The van der Waals surface area contributed by atoms with Crippen LogP contribution in [0.15, 0.2) is 0 Å². The second kappa shape index (κ2) is 10.1. The maximum absolute atomic E-state index is 11.6. The van der Waals surface area contributed by atoms with E-state index in [9.17, 15) is 9.59 Å². The molecule has 4 heteroatoms. The van der Waals surface area contributed by atoms with Gasteiger partial charge in [-0.25, -0.2) is 0 Å². The summed E-state index contributed by atoms with van der Waals surface area (Å²) in [5.74, 6) is -0.958. The Bertz CT molecular complexity index is 248. The quantitative estimate of drug-likeness (QED) is 0.740. The number of hydrogen-bond donors (Lipinski definition) is 2. The molecule has 0 aromatic carbocycles. The first-order valence-electron chi connectivity index (χ1n) is 7.25. The zero-order chi connectivity index (χ0) is 14.0. The number of rotatable bonds is 5. The Morgan fingerprint density at radius 2 is 1.78 bits per heavy atom. The lowest BCUT2D eigenvalue weighted by Crippen LogP contribution is -2.46. The first-order chi connectivity index (χ1) is 8.65. The number of carbonyl (C=O) groups excluding carboxylic acids is 2. The van der Waals surface area contributed by atoms with Crippen LogP contribution in [0.2, 0.25) is 0 Å². The van der Waals surface area contributed by atoms with Gasteiger partial charge in [-0.05, 0) is 19.3 Å². The number of ketones is 1. The minimum Gasteiger partial charge on any atom is -0.347 e. The topological polar surface area (TPSA) is 72.2 Å². The van der Waals surface area contributed by atoms with E-state index in [0.29, 0.717) is 6.42 Å². The van der Waals surface area contributed by atoms with Gasteiger partial charge in [0.05, 0.1) is 6.04 Å². The largest absolute Gasteiger partial charge is 0.347 e. The third-order valence-electron chi connectivity index (χ3n) is 3.10. The van der Waals surface area contributed by atoms with Crippen molar-refractivity contribution in [3.05, 3.63) is 0 Å². The molecule has 1 aliphatic carbocycles. The van der Waals surface area contributed by atoms with Crippen molar-refractivity contribution in [3.63, 3.8) is 0 Å². The first kappa shape index (κ1) is 17.1. The van der Waals surface area contributed by atoms with Gasteiger partial charge in [-0.2, -0.15) is 0 Å². The molecule has 0 aliphatic heterocycles. The average molecular weight is 256 g/mol. The number of carbonyl (C=O) groups is 2. The molecule has 1 atom stereocenters. The fourth-order valence-electron chi connectivity index (χ4n) is 2.11. The van der Waals surface area contributed by atoms with E-state index in [1.165, 1.54) is 6.42 Å². The van der Waals surface area contributed by atoms with Gasteiger partial charge in [0.25, 0.3) is 5.91 Å². The van der Waals surface area contributed by atoms with Crippen LogP contribution in [-0.2, 0) is 9.59 Å². The lowest BCUT2D eigenvalue weighted by Gasteiger charge is -2.22. The van der Waals surface area contributed by atoms with E-state index in [4.69, 9.17) is 5.73 Å². The van der Waals surface area contributed by atoms with Crippen molar-refractivity contribution in [1.29, 1.82) is 0 Å². The smallest absolute Gasteiger partial charge is 0.289 e. The second-order valence-corrected chi connectivity index (χ2v) is 4.57. The van der Waals surface area contributed by atoms with Crippen molar-refractivity contribution in [2.24, 2.45) is 5.73 Å². The SMILES string of the molecule is CC.CCCC(N)C(=O)C(=O)NC1CCCCC1. The van der Waals surface area contributed by atoms with Crippen LogP contribution in [0.4, 0.5) is 0 Å². The molecule has 0 aromatic rings. The summed E-state index contributed by atoms with van der Waals surface area (Å²) in [6, 6.07) is -0.451. The van der Waals surface area contributed by atoms with Crippen LogP contribution in [0.3, 0.4) is 0 Å². The van der Waals surface area contributed by atoms with Gasteiger partial charge in [0.2, 0.25) is 5.78 Å². The highest BCUT2D eigenvalue weighted by Gasteiger charge is 2.24. The van der Waals surface area contributed by atoms with Crippen molar-refractivity contribution < 1.29 is 9.59 Å². The van der Waals surface area contributed by atoms with Gasteiger partial charge in [0.1, 0.15) is 0 Å². The van der Waals surface area contributed by atoms with Crippen molar-refractivity contribution in [1.82, 2.24) is 5.32 Å². The van der Waals surface area contributed by atoms with Crippen LogP contribution in [0.5, 0.6) is 0 Å². The molecule has 1 amide bonds. The molecular weight excluding hydrogens is 228 g/mol. The Morgan fingerprint density at radius 3 is 2.28 bits per heavy atom. The van der Waals surface area contributed by atoms with E-state index in [-0.39, 0.29) is 6.04 Å². The van der Waals surface area contributed by atoms with E-state index in [2.05, 4.69) is 5.32 Å². The standard InChI is InChI=1S/C12H22N2O2.C2H6/c1-2-6-10(13)11(15)12(16)14-9-7-4-3-5-8-9;1-2/h9-10H,2-8,13H2,1H3,(H,14,16);1-2H3. The van der Waals surface area contributed by atoms with Crippen molar-refractivity contribution >= 4 is 11.7 Å². The Kier molecular flexibility index (Phi) is 9.56. The molecule has 1 aliphatic rings. The highest BCUT2D eigenvalue weighted by atomic mass is 16.2. The van der Waals surface area contributed by atoms with Gasteiger partial charge in [-0.3, -0.25) is 9.59 Å². The van der Waals surface area contributed by atoms with Crippen molar-refractivity contribution in [2.75, 3.05) is 0 Å². The molecule has 1 saturated carbocycles. The molecule has 0 spiro atoms. The number of nitrogens with one attached hydrogen (secondary N) is 1. The monoisotopic (exact) mass is 256 g/mol. The van der Waals surface area contributed by atoms with Crippen LogP contribution in [0, 0.1) is 0 Å². The van der Waals surface area contributed by atoms with Crippen LogP contribution in [-0.4, -0.2) is 23.8 Å². The van der Waals surface area contributed by atoms with Gasteiger partial charge in [-0.1, -0.05) is 46.5 Å². The molecule has 106 valence electrons. The molecule has 0 saturated heterocycles. The minimum absolute atomic E-state index is 0.180. The third kappa shape index (κ3) is 6.15. The van der Waals surface area contributed by atoms with E-state index in [0.717, 1.165) is 32.1 Å². The molecule has 0 heterocycles. The van der Waals surface area contributed by atoms with Gasteiger partial charge < -0.3 is 11.1 Å². The maximum atomic E-state index is 11.6. The Morgan fingerprint density at radius 1 is 1.22 bits per heavy atom. The van der Waals surface area contributed by atoms with E-state index in [1.54, 1.807) is 0 Å². The fraction of sp³-hybridized carbons (Fsp3) is 0.857. The molecule has 0 aromatic heterocycles. The normalized spacial score (nSPS) is 17.3. The van der Waals surface area contributed by atoms with E-state index < -0.39 is 17.7 Å². The second-order valence-electron chi connectivity index (χ2n) is 4.57. The molecule has 1 unspecified atom stereocenters. The Balaban J connectivity index is 0.00000137. The van der Waals surface area contributed by atoms with Gasteiger partial charge in [0, 0.05) is 6.04 Å². The van der Waals surface area contributed by atoms with Crippen molar-refractivity contribution in [2.45, 2.75) is 77.8 Å². The molecular formula is C14H28N2O2. The molecule has 0 bridgehead atoms. The van der Waals surface area contributed by atoms with Gasteiger partial charge in [-0.15, -0.1) is 0 Å². The highest BCUT2D eigenvalue weighted by Crippen LogP contribution is 2.17. The average Bonchev–Trinajstić information content (AvgIpc) is 2.41. The summed E-state index contributed by atoms with van der Waals surface area (Å²) in [4.78, 5) is 23.2. The van der Waals surface area contributed by atoms with Crippen LogP contribution < -0.4 is 11.1 Å². The first-order valence-corrected chi connectivity index (χ1v) is 7.25. The third-order valence-corrected chi connectivity index (χ3v) is 3.10. The number of Topliss-reactive ketones (excluding diaryl/α,β-unsaturated/α-hetero) is 1. The predicted molar refractivity (Wildman–Crippen MR) is 74.3 cm³/mol. The summed E-state index contributed by atoms with van der Waals surface area (Å²) in [6.07, 6.45) is 6.89. The summed E-state index contributed by atoms with van der Waals surface area (Å²) in [5.41, 5.74) is 5.62. The summed E-state index contributed by atoms with van der Waals surface area (Å²) in [6.45, 7) is 5.95. The minimum atomic E-state index is -0.631. The molecule has 1 fully saturated rings. The number of hydrogen-bond acceptors (Lipinski definition) is 3. The summed E-state index contributed by atoms with van der Waals surface area (Å²) >= 11 is 0. The molecule has 0 radical (unpaired) electrons. The zero-order valence-corrected chi connectivity index (χ0v) is 12.0. The molecule has 4 nitrogen and oxygen atoms in total. The van der Waals surface area contributed by atoms with Crippen LogP contribution in [0.25, 0.3) is 0 Å². The zero-order valence-electron chi connectivity index (χ0n) is 12.0. The van der Waals surface area contributed by atoms with Gasteiger partial charge in [0.15, 0.2) is 0 Å². The Hall–Kier alpha value is -0.900. The molecule has 1 rings (SSSR count). The highest BCUT2D eigenvalue weighted by molar-refractivity contribution is 6.38. The number of nitrogens with two attached hydrogens (primary N) is 1. The summed E-state index contributed by atoms with van der Waals surface area (Å²) in [5, 5.41) is 2.79. The lowest BCUT2D eigenvalue weighted by molar-refractivity contribution is -0.139. The van der Waals surface area contributed by atoms with Crippen LogP contribution >= 0.6 is 0 Å². The molecule has 3 N–H and O–H groups in total. The molecule has 18 heavy (non-hydrogen) atoms. The van der Waals surface area contributed by atoms with Gasteiger partial charge >= 0.3 is 0 Å². The van der Waals surface area contributed by atoms with E-state index >= 15 is 0 Å². The number of amides is 1. The van der Waals surface area contributed by atoms with Crippen molar-refractivity contribution in [3.8, 4) is 0 Å². The summed E-state index contributed by atoms with van der Waals surface area (Å²) < 4.78 is 0. The fourth-order valence-corrected chi connectivity index (χ4v) is 2.11. The van der Waals surface area contributed by atoms with Crippen LogP contribution in [0.1, 0.15) is 65.7 Å². The lowest BCUT2D eigenvalue weighted by atomic mass is 9.95. The predicted octanol–water partition coefficient (Wildman–Crippen LogP) is 2.16. The van der Waals surface area contributed by atoms with E-state index in [1.807, 2.05) is 20.8 Å². The Labute approximate surface area is 111 Å².